The van der Waals surface area contributed by atoms with Gasteiger partial charge in [-0.15, -0.1) is 5.11 Å². The van der Waals surface area contributed by atoms with E-state index in [1.807, 2.05) is 30.3 Å². The summed E-state index contributed by atoms with van der Waals surface area (Å²) < 4.78 is 0. The smallest absolute Gasteiger partial charge is 0.241 e. The molecule has 0 aromatic heterocycles. The van der Waals surface area contributed by atoms with Crippen molar-refractivity contribution in [3.8, 4) is 0 Å². The van der Waals surface area contributed by atoms with Gasteiger partial charge in [0.25, 0.3) is 0 Å². The zero-order valence-electron chi connectivity index (χ0n) is 7.55. The lowest BCUT2D eigenvalue weighted by molar-refractivity contribution is -0.121. The largest absolute Gasteiger partial charge is 0.273 e. The summed E-state index contributed by atoms with van der Waals surface area (Å²) >= 11 is 0. The molecule has 1 aliphatic rings. The van der Waals surface area contributed by atoms with E-state index in [1.54, 1.807) is 0 Å². The first-order chi connectivity index (χ1) is 6.84. The van der Waals surface area contributed by atoms with Crippen LogP contribution >= 0.6 is 0 Å². The Kier molecular flexibility index (Phi) is 2.40. The minimum Gasteiger partial charge on any atom is -0.273 e. The van der Waals surface area contributed by atoms with Gasteiger partial charge in [-0.2, -0.15) is 5.12 Å². The molecule has 0 radical (unpaired) electrons. The number of amides is 1. The quantitative estimate of drug-likeness (QED) is 0.717. The monoisotopic (exact) mass is 190 g/mol. The van der Waals surface area contributed by atoms with Crippen LogP contribution in [0.4, 0.5) is 5.69 Å². The first kappa shape index (κ1) is 8.68. The number of hydrogen-bond acceptors (Lipinski definition) is 3. The number of hydrazine groups is 1. The van der Waals surface area contributed by atoms with Gasteiger partial charge in [0.2, 0.25) is 5.91 Å². The summed E-state index contributed by atoms with van der Waals surface area (Å²) in [6.45, 7) is 0.579. The predicted octanol–water partition coefficient (Wildman–Crippen LogP) is 1.42. The van der Waals surface area contributed by atoms with Crippen LogP contribution in [0, 0.1) is 0 Å². The number of rotatable bonds is 2. The molecule has 5 nitrogen and oxygen atoms in total. The highest BCUT2D eigenvalue weighted by molar-refractivity contribution is 5.77. The third kappa shape index (κ3) is 2.07. The van der Waals surface area contributed by atoms with E-state index in [0.29, 0.717) is 13.0 Å². The van der Waals surface area contributed by atoms with Crippen LogP contribution in [-0.2, 0) is 4.79 Å². The maximum absolute atomic E-state index is 10.8. The molecule has 1 aromatic carbocycles. The summed E-state index contributed by atoms with van der Waals surface area (Å²) in [7, 11) is 0. The second-order valence-corrected chi connectivity index (χ2v) is 2.93. The number of benzene rings is 1. The Balaban J connectivity index is 1.97. The first-order valence-electron chi connectivity index (χ1n) is 4.38. The Hall–Kier alpha value is -1.91. The van der Waals surface area contributed by atoms with Gasteiger partial charge in [-0.05, 0) is 12.1 Å². The SMILES string of the molecule is O=C1CCN(N=Nc2ccccc2)N1. The lowest BCUT2D eigenvalue weighted by Gasteiger charge is -2.06. The summed E-state index contributed by atoms with van der Waals surface area (Å²) in [5.41, 5.74) is 3.33. The summed E-state index contributed by atoms with van der Waals surface area (Å²) in [4.78, 5) is 10.8. The molecule has 1 amide bonds. The number of hydrogen-bond donors (Lipinski definition) is 1. The van der Waals surface area contributed by atoms with Crippen molar-refractivity contribution in [3.05, 3.63) is 30.3 Å². The fourth-order valence-electron chi connectivity index (χ4n) is 1.13. The van der Waals surface area contributed by atoms with E-state index < -0.39 is 0 Å². The topological polar surface area (TPSA) is 57.1 Å². The van der Waals surface area contributed by atoms with Crippen LogP contribution in [0.25, 0.3) is 0 Å². The Bertz CT molecular complexity index is 349. The van der Waals surface area contributed by atoms with Gasteiger partial charge in [-0.25, -0.2) is 5.43 Å². The van der Waals surface area contributed by atoms with Crippen LogP contribution in [0.3, 0.4) is 0 Å². The van der Waals surface area contributed by atoms with Crippen LogP contribution in [-0.4, -0.2) is 17.6 Å². The molecular formula is C9H10N4O. The second kappa shape index (κ2) is 3.87. The van der Waals surface area contributed by atoms with E-state index >= 15 is 0 Å². The molecule has 1 saturated heterocycles. The fraction of sp³-hybridized carbons (Fsp3) is 0.222. The highest BCUT2D eigenvalue weighted by Crippen LogP contribution is 2.11. The molecule has 1 aromatic rings. The lowest BCUT2D eigenvalue weighted by atomic mass is 10.3. The molecule has 0 aliphatic carbocycles. The van der Waals surface area contributed by atoms with Crippen molar-refractivity contribution in [1.29, 1.82) is 0 Å². The van der Waals surface area contributed by atoms with E-state index in [4.69, 9.17) is 0 Å². The Labute approximate surface area is 81.4 Å². The van der Waals surface area contributed by atoms with Gasteiger partial charge in [-0.3, -0.25) is 4.79 Å². The molecule has 1 N–H and O–H groups in total. The average molecular weight is 190 g/mol. The van der Waals surface area contributed by atoms with Gasteiger partial charge in [0, 0.05) is 6.42 Å². The van der Waals surface area contributed by atoms with Crippen molar-refractivity contribution in [3.63, 3.8) is 0 Å². The van der Waals surface area contributed by atoms with Gasteiger partial charge in [0.15, 0.2) is 0 Å². The highest BCUT2D eigenvalue weighted by Gasteiger charge is 2.15. The van der Waals surface area contributed by atoms with Crippen LogP contribution in [0.1, 0.15) is 6.42 Å². The fourth-order valence-corrected chi connectivity index (χ4v) is 1.13. The van der Waals surface area contributed by atoms with Crippen molar-refractivity contribution in [2.24, 2.45) is 10.3 Å². The first-order valence-corrected chi connectivity index (χ1v) is 4.38. The van der Waals surface area contributed by atoms with E-state index in [9.17, 15) is 4.79 Å². The van der Waals surface area contributed by atoms with Crippen LogP contribution in [0.15, 0.2) is 40.7 Å². The molecule has 0 saturated carbocycles. The standard InChI is InChI=1S/C9H10N4O/c14-9-6-7-13(11-9)12-10-8-4-2-1-3-5-8/h1-5H,6-7H2,(H,11,14). The molecule has 1 fully saturated rings. The van der Waals surface area contributed by atoms with Crippen molar-refractivity contribution in [2.75, 3.05) is 6.54 Å². The average Bonchev–Trinajstić information content (AvgIpc) is 2.63. The van der Waals surface area contributed by atoms with Crippen LogP contribution in [0.2, 0.25) is 0 Å². The highest BCUT2D eigenvalue weighted by atomic mass is 16.2. The molecule has 0 spiro atoms. The molecule has 2 rings (SSSR count). The molecule has 72 valence electrons. The van der Waals surface area contributed by atoms with Crippen LogP contribution < -0.4 is 5.43 Å². The molecule has 0 bridgehead atoms. The van der Waals surface area contributed by atoms with Gasteiger partial charge >= 0.3 is 0 Å². The third-order valence-corrected chi connectivity index (χ3v) is 1.83. The molecular weight excluding hydrogens is 180 g/mol. The predicted molar refractivity (Wildman–Crippen MR) is 50.4 cm³/mol. The lowest BCUT2D eigenvalue weighted by Crippen LogP contribution is -2.27. The normalized spacial score (nSPS) is 16.3. The number of nitrogens with one attached hydrogen (secondary N) is 1. The minimum atomic E-state index is -0.0167. The zero-order chi connectivity index (χ0) is 9.80. The maximum atomic E-state index is 10.8. The van der Waals surface area contributed by atoms with Crippen molar-refractivity contribution in [1.82, 2.24) is 10.5 Å². The van der Waals surface area contributed by atoms with Gasteiger partial charge in [0.05, 0.1) is 12.2 Å². The van der Waals surface area contributed by atoms with Crippen LogP contribution in [0.5, 0.6) is 0 Å². The molecule has 0 atom stereocenters. The zero-order valence-corrected chi connectivity index (χ0v) is 7.55. The van der Waals surface area contributed by atoms with Crippen molar-refractivity contribution < 1.29 is 4.79 Å². The van der Waals surface area contributed by atoms with E-state index in [2.05, 4.69) is 15.8 Å². The molecule has 0 unspecified atom stereocenters. The van der Waals surface area contributed by atoms with E-state index in [-0.39, 0.29) is 5.91 Å². The van der Waals surface area contributed by atoms with Gasteiger partial charge in [-0.1, -0.05) is 23.4 Å². The number of carbonyl (C=O) groups is 1. The number of carbonyl (C=O) groups excluding carboxylic acids is 1. The van der Waals surface area contributed by atoms with Crippen molar-refractivity contribution in [2.45, 2.75) is 6.42 Å². The molecule has 5 heteroatoms. The minimum absolute atomic E-state index is 0.0167. The van der Waals surface area contributed by atoms with Crippen molar-refractivity contribution >= 4 is 11.6 Å². The van der Waals surface area contributed by atoms with E-state index in [0.717, 1.165) is 5.69 Å². The second-order valence-electron chi connectivity index (χ2n) is 2.93. The summed E-state index contributed by atoms with van der Waals surface area (Å²) in [5.74, 6) is -0.0167. The molecule has 14 heavy (non-hydrogen) atoms. The third-order valence-electron chi connectivity index (χ3n) is 1.83. The Morgan fingerprint density at radius 3 is 2.71 bits per heavy atom. The summed E-state index contributed by atoms with van der Waals surface area (Å²) in [6.07, 6.45) is 0.480. The summed E-state index contributed by atoms with van der Waals surface area (Å²) in [6, 6.07) is 9.38. The Morgan fingerprint density at radius 1 is 1.29 bits per heavy atom. The van der Waals surface area contributed by atoms with Gasteiger partial charge in [0.1, 0.15) is 0 Å². The van der Waals surface area contributed by atoms with Gasteiger partial charge < -0.3 is 0 Å². The van der Waals surface area contributed by atoms with E-state index in [1.165, 1.54) is 5.12 Å². The number of nitrogens with zero attached hydrogens (tertiary/aromatic N) is 3. The molecule has 1 aliphatic heterocycles. The summed E-state index contributed by atoms with van der Waals surface area (Å²) in [5, 5.41) is 9.27. The molecule has 1 heterocycles. The maximum Gasteiger partial charge on any atom is 0.241 e. The Morgan fingerprint density at radius 2 is 2.07 bits per heavy atom.